The van der Waals surface area contributed by atoms with Crippen molar-refractivity contribution < 1.29 is 28.6 Å². The van der Waals surface area contributed by atoms with Crippen molar-refractivity contribution in [2.75, 3.05) is 32.7 Å². The predicted octanol–water partition coefficient (Wildman–Crippen LogP) is 5.50. The average Bonchev–Trinajstić information content (AvgIpc) is 3.72. The van der Waals surface area contributed by atoms with Crippen LogP contribution >= 0.6 is 11.3 Å². The van der Waals surface area contributed by atoms with Crippen molar-refractivity contribution in [3.05, 3.63) is 71.8 Å². The molecule has 2 aliphatic rings. The van der Waals surface area contributed by atoms with Crippen LogP contribution < -0.4 is 10.1 Å². The van der Waals surface area contributed by atoms with Gasteiger partial charge < -0.3 is 20.1 Å². The lowest BCUT2D eigenvalue weighted by molar-refractivity contribution is -0.136. The number of pyridine rings is 2. The number of piperazine rings is 1. The summed E-state index contributed by atoms with van der Waals surface area (Å²) < 4.78 is 21.7. The summed E-state index contributed by atoms with van der Waals surface area (Å²) in [5, 5.41) is 11.4. The van der Waals surface area contributed by atoms with Crippen molar-refractivity contribution in [3.8, 4) is 22.1 Å². The van der Waals surface area contributed by atoms with Gasteiger partial charge >= 0.3 is 12.0 Å². The van der Waals surface area contributed by atoms with Gasteiger partial charge in [0.2, 0.25) is 0 Å². The number of thiophene rings is 1. The summed E-state index contributed by atoms with van der Waals surface area (Å²) in [6.45, 7) is 3.37. The number of ketones is 1. The summed E-state index contributed by atoms with van der Waals surface area (Å²) in [4.78, 5) is 49.1. The second-order valence-electron chi connectivity index (χ2n) is 11.6. The molecule has 4 aromatic rings. The predicted molar refractivity (Wildman–Crippen MR) is 168 cm³/mol. The van der Waals surface area contributed by atoms with Gasteiger partial charge in [-0.25, -0.2) is 9.18 Å². The highest BCUT2D eigenvalue weighted by molar-refractivity contribution is 7.22. The van der Waals surface area contributed by atoms with Gasteiger partial charge in [0.25, 0.3) is 0 Å². The van der Waals surface area contributed by atoms with Gasteiger partial charge in [-0.05, 0) is 54.2 Å². The normalized spacial score (nSPS) is 15.3. The Morgan fingerprint density at radius 3 is 2.51 bits per heavy atom. The van der Waals surface area contributed by atoms with Gasteiger partial charge in [0.15, 0.2) is 11.6 Å². The Bertz CT molecular complexity index is 1700. The molecule has 1 saturated heterocycles. The molecule has 2 N–H and O–H groups in total. The Kier molecular flexibility index (Phi) is 9.31. The third-order valence-electron chi connectivity index (χ3n) is 7.96. The van der Waals surface area contributed by atoms with Crippen LogP contribution in [0.15, 0.2) is 54.9 Å². The van der Waals surface area contributed by atoms with Crippen molar-refractivity contribution in [1.29, 1.82) is 0 Å². The van der Waals surface area contributed by atoms with E-state index in [1.54, 1.807) is 29.3 Å². The number of nitrogens with zero attached hydrogens (tertiary/aromatic N) is 4. The smallest absolute Gasteiger partial charge is 0.317 e. The molecule has 1 aromatic carbocycles. The Morgan fingerprint density at radius 2 is 1.80 bits per heavy atom. The van der Waals surface area contributed by atoms with E-state index in [0.29, 0.717) is 56.4 Å². The highest BCUT2D eigenvalue weighted by Crippen LogP contribution is 2.39. The number of urea groups is 1. The number of carbonyl (C=O) groups excluding carboxylic acids is 2. The number of hydrogen-bond acceptors (Lipinski definition) is 8. The number of halogens is 1. The van der Waals surface area contributed by atoms with Gasteiger partial charge in [-0.3, -0.25) is 24.5 Å². The fourth-order valence-corrected chi connectivity index (χ4v) is 6.38. The summed E-state index contributed by atoms with van der Waals surface area (Å²) >= 11 is 1.47. The highest BCUT2D eigenvalue weighted by atomic mass is 32.1. The summed E-state index contributed by atoms with van der Waals surface area (Å²) in [7, 11) is 0. The molecule has 2 amide bonds. The number of carbonyl (C=O) groups is 3. The minimum atomic E-state index is -0.939. The van der Waals surface area contributed by atoms with E-state index in [-0.39, 0.29) is 37.0 Å². The SMILES string of the molecule is O=C(O)CCNC(=O)N1CCN(Cc2ccc(-c3cc4nccc(Oc5ccc(CC(=O)CC6CC6)cc5F)c4s3)nc2)CC1. The lowest BCUT2D eigenvalue weighted by Crippen LogP contribution is -2.51. The summed E-state index contributed by atoms with van der Waals surface area (Å²) in [5.41, 5.74) is 3.22. The Balaban J connectivity index is 1.05. The lowest BCUT2D eigenvalue weighted by Gasteiger charge is -2.34. The van der Waals surface area contributed by atoms with Crippen molar-refractivity contribution in [2.24, 2.45) is 5.92 Å². The summed E-state index contributed by atoms with van der Waals surface area (Å²) in [6.07, 6.45) is 6.42. The standard InChI is InChI=1S/C33H34FN5O5S/c34-25-17-22(16-24(40)15-21-1-2-21)4-6-28(25)44-29-7-9-35-27-18-30(45-32(27)29)26-5-3-23(19-37-26)20-38-11-13-39(14-12-38)33(43)36-10-8-31(41)42/h3-7,9,17-19,21H,1-2,8,10-16,20H2,(H,36,43)(H,41,42). The van der Waals surface area contributed by atoms with E-state index >= 15 is 0 Å². The molecule has 1 aliphatic carbocycles. The largest absolute Gasteiger partial charge is 0.481 e. The molecule has 0 unspecified atom stereocenters. The summed E-state index contributed by atoms with van der Waals surface area (Å²) in [6, 6.07) is 12.1. The van der Waals surface area contributed by atoms with Crippen LogP contribution in [0, 0.1) is 11.7 Å². The maximum absolute atomic E-state index is 15.0. The van der Waals surface area contributed by atoms with Crippen LogP contribution in [0.25, 0.3) is 20.8 Å². The zero-order valence-corrected chi connectivity index (χ0v) is 25.5. The maximum atomic E-state index is 15.0. The number of carboxylic acid groups (broad SMARTS) is 1. The summed E-state index contributed by atoms with van der Waals surface area (Å²) in [5.74, 6) is -0.197. The molecule has 0 atom stereocenters. The number of ether oxygens (including phenoxy) is 1. The van der Waals surface area contributed by atoms with E-state index in [2.05, 4.69) is 20.2 Å². The number of nitrogens with one attached hydrogen (secondary N) is 1. The van der Waals surface area contributed by atoms with E-state index < -0.39 is 11.8 Å². The third kappa shape index (κ3) is 8.00. The number of Topliss-reactive ketones (excluding diaryl/α,β-unsaturated/α-hetero) is 1. The second-order valence-corrected chi connectivity index (χ2v) is 12.6. The van der Waals surface area contributed by atoms with Crippen LogP contribution in [-0.2, 0) is 22.6 Å². The molecule has 0 spiro atoms. The van der Waals surface area contributed by atoms with E-state index in [1.165, 1.54) is 17.4 Å². The second kappa shape index (κ2) is 13.7. The average molecular weight is 632 g/mol. The van der Waals surface area contributed by atoms with Crippen molar-refractivity contribution >= 4 is 39.3 Å². The molecule has 45 heavy (non-hydrogen) atoms. The molecule has 3 aromatic heterocycles. The molecule has 6 rings (SSSR count). The van der Waals surface area contributed by atoms with Gasteiger partial charge in [0, 0.05) is 70.6 Å². The van der Waals surface area contributed by atoms with Gasteiger partial charge in [0.1, 0.15) is 11.5 Å². The van der Waals surface area contributed by atoms with E-state index in [4.69, 9.17) is 9.84 Å². The molecule has 12 heteroatoms. The number of aliphatic carboxylic acids is 1. The maximum Gasteiger partial charge on any atom is 0.317 e. The molecule has 10 nitrogen and oxygen atoms in total. The Hall–Kier alpha value is -4.42. The molecular weight excluding hydrogens is 597 g/mol. The monoisotopic (exact) mass is 631 g/mol. The van der Waals surface area contributed by atoms with Crippen LogP contribution in [0.1, 0.15) is 36.8 Å². The number of fused-ring (bicyclic) bond motifs is 1. The number of amides is 2. The zero-order chi connectivity index (χ0) is 31.3. The first-order chi connectivity index (χ1) is 21.8. The molecule has 4 heterocycles. The van der Waals surface area contributed by atoms with Crippen LogP contribution in [0.2, 0.25) is 0 Å². The van der Waals surface area contributed by atoms with Crippen molar-refractivity contribution in [2.45, 2.75) is 38.6 Å². The fourth-order valence-electron chi connectivity index (χ4n) is 5.34. The number of hydrogen-bond donors (Lipinski definition) is 2. The first-order valence-corrected chi connectivity index (χ1v) is 15.9. The topological polar surface area (TPSA) is 125 Å². The van der Waals surface area contributed by atoms with Crippen LogP contribution in [-0.4, -0.2) is 75.4 Å². The fraction of sp³-hybridized carbons (Fsp3) is 0.364. The first-order valence-electron chi connectivity index (χ1n) is 15.1. The minimum absolute atomic E-state index is 0.0953. The molecule has 234 valence electrons. The zero-order valence-electron chi connectivity index (χ0n) is 24.7. The van der Waals surface area contributed by atoms with Gasteiger partial charge in [-0.15, -0.1) is 11.3 Å². The molecule has 1 aliphatic heterocycles. The Labute approximate surface area is 263 Å². The third-order valence-corrected chi connectivity index (χ3v) is 9.13. The van der Waals surface area contributed by atoms with E-state index in [1.807, 2.05) is 24.4 Å². The molecular formula is C33H34FN5O5S. The molecule has 0 radical (unpaired) electrons. The van der Waals surface area contributed by atoms with Gasteiger partial charge in [-0.2, -0.15) is 0 Å². The molecule has 2 fully saturated rings. The van der Waals surface area contributed by atoms with E-state index in [9.17, 15) is 18.8 Å². The minimum Gasteiger partial charge on any atom is -0.481 e. The number of rotatable bonds is 12. The molecule has 1 saturated carbocycles. The first kappa shape index (κ1) is 30.6. The van der Waals surface area contributed by atoms with Crippen LogP contribution in [0.3, 0.4) is 0 Å². The van der Waals surface area contributed by atoms with Crippen molar-refractivity contribution in [1.82, 2.24) is 25.1 Å². The molecule has 0 bridgehead atoms. The van der Waals surface area contributed by atoms with Crippen molar-refractivity contribution in [3.63, 3.8) is 0 Å². The highest BCUT2D eigenvalue weighted by Gasteiger charge is 2.25. The number of aromatic nitrogens is 2. The van der Waals surface area contributed by atoms with Crippen LogP contribution in [0.5, 0.6) is 11.5 Å². The van der Waals surface area contributed by atoms with Gasteiger partial charge in [-0.1, -0.05) is 12.1 Å². The Morgan fingerprint density at radius 1 is 1.00 bits per heavy atom. The number of carboxylic acids is 1. The van der Waals surface area contributed by atoms with Gasteiger partial charge in [0.05, 0.1) is 27.2 Å². The quantitative estimate of drug-likeness (QED) is 0.210. The number of benzene rings is 1. The van der Waals surface area contributed by atoms with Crippen LogP contribution in [0.4, 0.5) is 9.18 Å². The lowest BCUT2D eigenvalue weighted by atomic mass is 10.0. The van der Waals surface area contributed by atoms with E-state index in [0.717, 1.165) is 39.2 Å².